The molecule has 1 rings (SSSR count). The van der Waals surface area contributed by atoms with Crippen LogP contribution >= 0.6 is 0 Å². The van der Waals surface area contributed by atoms with E-state index >= 15 is 0 Å². The van der Waals surface area contributed by atoms with Gasteiger partial charge in [-0.15, -0.1) is 0 Å². The normalized spacial score (nSPS) is 25.6. The second-order valence-electron chi connectivity index (χ2n) is 4.29. The molecular weight excluding hydrogens is 176 g/mol. The number of ether oxygens (including phenoxy) is 1. The van der Waals surface area contributed by atoms with Crippen LogP contribution in [-0.4, -0.2) is 18.5 Å². The second-order valence-corrected chi connectivity index (χ2v) is 4.29. The molecule has 0 aromatic carbocycles. The number of allylic oxidation sites excluding steroid dienone is 1. The Kier molecular flexibility index (Phi) is 4.33. The van der Waals surface area contributed by atoms with E-state index in [1.807, 2.05) is 13.8 Å². The minimum absolute atomic E-state index is 0.331. The molecule has 0 aromatic rings. The molecule has 2 heteroatoms. The molecule has 0 aromatic heterocycles. The lowest BCUT2D eigenvalue weighted by Gasteiger charge is -2.34. The van der Waals surface area contributed by atoms with Gasteiger partial charge in [0.25, 0.3) is 0 Å². The van der Waals surface area contributed by atoms with Gasteiger partial charge >= 0.3 is 0 Å². The zero-order valence-electron chi connectivity index (χ0n) is 9.21. The lowest BCUT2D eigenvalue weighted by Crippen LogP contribution is -2.32. The van der Waals surface area contributed by atoms with Gasteiger partial charge in [-0.05, 0) is 32.6 Å². The highest BCUT2D eigenvalue weighted by molar-refractivity contribution is 5.80. The van der Waals surface area contributed by atoms with E-state index in [0.717, 1.165) is 31.4 Å². The summed E-state index contributed by atoms with van der Waals surface area (Å²) < 4.78 is 5.44. The van der Waals surface area contributed by atoms with Crippen LogP contribution in [0.4, 0.5) is 0 Å². The first-order valence-corrected chi connectivity index (χ1v) is 5.39. The number of carbonyl (C=O) groups excluding carboxylic acids is 1. The van der Waals surface area contributed by atoms with Crippen molar-refractivity contribution in [1.82, 2.24) is 0 Å². The Labute approximate surface area is 86.3 Å². The van der Waals surface area contributed by atoms with Crippen molar-refractivity contribution in [3.05, 3.63) is 12.2 Å². The monoisotopic (exact) mass is 196 g/mol. The molecule has 0 N–H and O–H groups in total. The summed E-state index contributed by atoms with van der Waals surface area (Å²) in [5.41, 5.74) is 0.968. The van der Waals surface area contributed by atoms with Crippen LogP contribution in [0, 0.1) is 5.92 Å². The molecule has 1 saturated carbocycles. The molecule has 0 bridgehead atoms. The van der Waals surface area contributed by atoms with E-state index in [1.165, 1.54) is 0 Å². The third-order valence-corrected chi connectivity index (χ3v) is 2.61. The molecule has 1 aliphatic carbocycles. The number of rotatable bonds is 6. The molecule has 0 atom stereocenters. The SMILES string of the molecule is C=C(C)CC(=O)CC1CC(OCC)C1. The van der Waals surface area contributed by atoms with Crippen molar-refractivity contribution >= 4 is 5.78 Å². The molecule has 0 unspecified atom stereocenters. The Morgan fingerprint density at radius 1 is 1.50 bits per heavy atom. The molecule has 14 heavy (non-hydrogen) atoms. The summed E-state index contributed by atoms with van der Waals surface area (Å²) in [6.07, 6.45) is 3.82. The number of Topliss-reactive ketones (excluding diaryl/α,β-unsaturated/α-hetero) is 1. The van der Waals surface area contributed by atoms with Gasteiger partial charge in [-0.2, -0.15) is 0 Å². The van der Waals surface area contributed by atoms with Gasteiger partial charge in [0.2, 0.25) is 0 Å². The van der Waals surface area contributed by atoms with Gasteiger partial charge in [-0.1, -0.05) is 12.2 Å². The van der Waals surface area contributed by atoms with Crippen LogP contribution in [0.15, 0.2) is 12.2 Å². The molecule has 0 saturated heterocycles. The number of hydrogen-bond acceptors (Lipinski definition) is 2. The summed E-state index contributed by atoms with van der Waals surface area (Å²) in [6, 6.07) is 0. The Balaban J connectivity index is 2.10. The van der Waals surface area contributed by atoms with E-state index in [0.29, 0.717) is 24.2 Å². The quantitative estimate of drug-likeness (QED) is 0.610. The molecule has 1 fully saturated rings. The fourth-order valence-corrected chi connectivity index (χ4v) is 1.94. The van der Waals surface area contributed by atoms with E-state index in [4.69, 9.17) is 4.74 Å². The fourth-order valence-electron chi connectivity index (χ4n) is 1.94. The van der Waals surface area contributed by atoms with E-state index in [1.54, 1.807) is 0 Å². The first-order valence-electron chi connectivity index (χ1n) is 5.39. The van der Waals surface area contributed by atoms with Gasteiger partial charge in [0.1, 0.15) is 5.78 Å². The average molecular weight is 196 g/mol. The zero-order valence-corrected chi connectivity index (χ0v) is 9.21. The van der Waals surface area contributed by atoms with E-state index < -0.39 is 0 Å². The summed E-state index contributed by atoms with van der Waals surface area (Å²) in [5.74, 6) is 0.899. The van der Waals surface area contributed by atoms with Gasteiger partial charge in [-0.3, -0.25) is 4.79 Å². The second kappa shape index (κ2) is 5.30. The van der Waals surface area contributed by atoms with Gasteiger partial charge in [0, 0.05) is 19.4 Å². The maximum atomic E-state index is 11.4. The fraction of sp³-hybridized carbons (Fsp3) is 0.750. The van der Waals surface area contributed by atoms with E-state index in [9.17, 15) is 4.79 Å². The minimum Gasteiger partial charge on any atom is -0.378 e. The van der Waals surface area contributed by atoms with Crippen molar-refractivity contribution in [3.8, 4) is 0 Å². The van der Waals surface area contributed by atoms with Gasteiger partial charge in [-0.25, -0.2) is 0 Å². The van der Waals surface area contributed by atoms with Gasteiger partial charge in [0.15, 0.2) is 0 Å². The Morgan fingerprint density at radius 2 is 2.14 bits per heavy atom. The lowest BCUT2D eigenvalue weighted by molar-refractivity contribution is -0.121. The van der Waals surface area contributed by atoms with Crippen molar-refractivity contribution in [1.29, 1.82) is 0 Å². The maximum Gasteiger partial charge on any atom is 0.137 e. The third kappa shape index (κ3) is 3.62. The standard InChI is InChI=1S/C12H20O2/c1-4-14-12-7-10(8-12)6-11(13)5-9(2)3/h10,12H,2,4-8H2,1,3H3. The molecule has 0 radical (unpaired) electrons. The smallest absolute Gasteiger partial charge is 0.137 e. The van der Waals surface area contributed by atoms with Crippen LogP contribution in [0.5, 0.6) is 0 Å². The highest BCUT2D eigenvalue weighted by Gasteiger charge is 2.30. The predicted molar refractivity (Wildman–Crippen MR) is 57.2 cm³/mol. The highest BCUT2D eigenvalue weighted by atomic mass is 16.5. The molecule has 0 heterocycles. The van der Waals surface area contributed by atoms with Crippen molar-refractivity contribution < 1.29 is 9.53 Å². The first kappa shape index (κ1) is 11.4. The topological polar surface area (TPSA) is 26.3 Å². The molecule has 0 spiro atoms. The number of hydrogen-bond donors (Lipinski definition) is 0. The summed E-state index contributed by atoms with van der Waals surface area (Å²) in [5, 5.41) is 0. The summed E-state index contributed by atoms with van der Waals surface area (Å²) in [7, 11) is 0. The molecule has 2 nitrogen and oxygen atoms in total. The third-order valence-electron chi connectivity index (χ3n) is 2.61. The van der Waals surface area contributed by atoms with Crippen LogP contribution in [0.2, 0.25) is 0 Å². The van der Waals surface area contributed by atoms with Crippen molar-refractivity contribution in [2.75, 3.05) is 6.61 Å². The van der Waals surface area contributed by atoms with Crippen molar-refractivity contribution in [3.63, 3.8) is 0 Å². The average Bonchev–Trinajstić information content (AvgIpc) is 1.99. The summed E-state index contributed by atoms with van der Waals surface area (Å²) in [6.45, 7) is 8.45. The first-order chi connectivity index (χ1) is 6.61. The number of carbonyl (C=O) groups is 1. The molecule has 0 aliphatic heterocycles. The largest absolute Gasteiger partial charge is 0.378 e. The molecule has 0 amide bonds. The summed E-state index contributed by atoms with van der Waals surface area (Å²) >= 11 is 0. The van der Waals surface area contributed by atoms with Gasteiger partial charge < -0.3 is 4.74 Å². The molecule has 80 valence electrons. The van der Waals surface area contributed by atoms with Crippen LogP contribution in [0.1, 0.15) is 39.5 Å². The van der Waals surface area contributed by atoms with E-state index in [-0.39, 0.29) is 0 Å². The Bertz CT molecular complexity index is 214. The molecule has 1 aliphatic rings. The van der Waals surface area contributed by atoms with Crippen molar-refractivity contribution in [2.24, 2.45) is 5.92 Å². The minimum atomic E-state index is 0.331. The predicted octanol–water partition coefficient (Wildman–Crippen LogP) is 2.73. The Hall–Kier alpha value is -0.630. The van der Waals surface area contributed by atoms with Gasteiger partial charge in [0.05, 0.1) is 6.10 Å². The molecular formula is C12H20O2. The maximum absolute atomic E-state index is 11.4. The number of ketones is 1. The Morgan fingerprint density at radius 3 is 2.64 bits per heavy atom. The lowest BCUT2D eigenvalue weighted by atomic mass is 9.78. The van der Waals surface area contributed by atoms with E-state index in [2.05, 4.69) is 6.58 Å². The highest BCUT2D eigenvalue weighted by Crippen LogP contribution is 2.33. The van der Waals surface area contributed by atoms with Crippen LogP contribution < -0.4 is 0 Å². The van der Waals surface area contributed by atoms with Crippen LogP contribution in [0.25, 0.3) is 0 Å². The van der Waals surface area contributed by atoms with Crippen LogP contribution in [0.3, 0.4) is 0 Å². The van der Waals surface area contributed by atoms with Crippen molar-refractivity contribution in [2.45, 2.75) is 45.6 Å². The zero-order chi connectivity index (χ0) is 10.6. The van der Waals surface area contributed by atoms with Crippen LogP contribution in [-0.2, 0) is 9.53 Å². The summed E-state index contributed by atoms with van der Waals surface area (Å²) in [4.78, 5) is 11.4.